The summed E-state index contributed by atoms with van der Waals surface area (Å²) in [7, 11) is 4.96. The Bertz CT molecular complexity index is 833. The van der Waals surface area contributed by atoms with Crippen LogP contribution in [0.15, 0.2) is 18.2 Å². The van der Waals surface area contributed by atoms with Gasteiger partial charge in [-0.2, -0.15) is 0 Å². The highest BCUT2D eigenvalue weighted by Crippen LogP contribution is 2.28. The number of hydrogen-bond acceptors (Lipinski definition) is 9. The van der Waals surface area contributed by atoms with E-state index in [9.17, 15) is 34.8 Å². The van der Waals surface area contributed by atoms with Crippen molar-refractivity contribution in [2.24, 2.45) is 5.92 Å². The van der Waals surface area contributed by atoms with Gasteiger partial charge in [0.05, 0.1) is 5.56 Å². The monoisotopic (exact) mass is 451 g/mol. The molecule has 11 nitrogen and oxygen atoms in total. The van der Waals surface area contributed by atoms with Crippen LogP contribution in [0.3, 0.4) is 0 Å². The minimum absolute atomic E-state index is 0.0115. The topological polar surface area (TPSA) is 172 Å². The molecule has 1 amide bonds. The number of carbonyl (C=O) groups is 3. The molecular weight excluding hydrogens is 425 g/mol. The maximum atomic E-state index is 12.7. The predicted octanol–water partition coefficient (Wildman–Crippen LogP) is -0.461. The highest BCUT2D eigenvalue weighted by atomic mass is 16.7. The van der Waals surface area contributed by atoms with Crippen LogP contribution in [0.1, 0.15) is 36.2 Å². The van der Waals surface area contributed by atoms with Crippen LogP contribution >= 0.6 is 0 Å². The average Bonchev–Trinajstić information content (AvgIpc) is 2.72. The quantitative estimate of drug-likeness (QED) is 0.309. The molecule has 5 atom stereocenters. The molecule has 1 aromatic carbocycles. The first-order valence-corrected chi connectivity index (χ1v) is 9.93. The van der Waals surface area contributed by atoms with Crippen molar-refractivity contribution in [2.45, 2.75) is 57.6 Å². The van der Waals surface area contributed by atoms with Gasteiger partial charge in [-0.05, 0) is 30.0 Å². The van der Waals surface area contributed by atoms with Gasteiger partial charge in [0, 0.05) is 6.54 Å². The first-order chi connectivity index (χ1) is 15.0. The Morgan fingerprint density at radius 2 is 1.84 bits per heavy atom. The fourth-order valence-corrected chi connectivity index (χ4v) is 2.95. The maximum absolute atomic E-state index is 12.7. The first kappa shape index (κ1) is 25.6. The van der Waals surface area contributed by atoms with E-state index >= 15 is 0 Å². The molecule has 0 bridgehead atoms. The Hall–Kier alpha value is -2.67. The minimum Gasteiger partial charge on any atom is -0.479 e. The summed E-state index contributed by atoms with van der Waals surface area (Å²) in [5, 5.41) is 41.8. The lowest BCUT2D eigenvalue weighted by Crippen LogP contribution is -2.61. The van der Waals surface area contributed by atoms with Crippen molar-refractivity contribution >= 4 is 25.6 Å². The van der Waals surface area contributed by atoms with Gasteiger partial charge in [-0.1, -0.05) is 19.9 Å². The molecule has 0 spiro atoms. The van der Waals surface area contributed by atoms with Crippen LogP contribution in [0.2, 0.25) is 0 Å². The van der Waals surface area contributed by atoms with E-state index < -0.39 is 48.5 Å². The number of rotatable bonds is 9. The standard InChI is InChI=1S/C20H26BNO10/c1-9(2)5-6-22-17(26)11-7-10(8-30-20(21)29)3-4-12(11)31-19-15(25)13(23)14(24)16(32-19)18(27)28/h3-4,7,9,13-16,19,23-25H,5-6,8H2,1-2H3,(H,22,26)(H,27,28)/t13-,14-,15+,16-,19+/m0/s1. The summed E-state index contributed by atoms with van der Waals surface area (Å²) < 4.78 is 15.4. The van der Waals surface area contributed by atoms with E-state index in [0.717, 1.165) is 0 Å². The molecular formula is C20H26BNO10. The summed E-state index contributed by atoms with van der Waals surface area (Å²) in [6, 6.07) is 4.16. The molecule has 174 valence electrons. The number of nitrogens with one attached hydrogen (secondary N) is 1. The third kappa shape index (κ3) is 6.66. The smallest absolute Gasteiger partial charge is 0.335 e. The number of carboxylic acid groups (broad SMARTS) is 1. The number of aliphatic hydroxyl groups excluding tert-OH is 3. The van der Waals surface area contributed by atoms with E-state index in [-0.39, 0.29) is 17.9 Å². The number of hydrogen-bond donors (Lipinski definition) is 5. The molecule has 1 fully saturated rings. The number of ether oxygens (including phenoxy) is 3. The van der Waals surface area contributed by atoms with Crippen molar-refractivity contribution < 1.29 is 49.0 Å². The summed E-state index contributed by atoms with van der Waals surface area (Å²) in [5.41, 5.74) is 0.400. The largest absolute Gasteiger partial charge is 0.479 e. The van der Waals surface area contributed by atoms with Crippen molar-refractivity contribution in [3.8, 4) is 5.75 Å². The van der Waals surface area contributed by atoms with Gasteiger partial charge >= 0.3 is 5.97 Å². The number of benzene rings is 1. The van der Waals surface area contributed by atoms with E-state index in [4.69, 9.17) is 22.1 Å². The normalized spacial score (nSPS) is 25.2. The molecule has 12 heteroatoms. The van der Waals surface area contributed by atoms with Crippen molar-refractivity contribution in [1.29, 1.82) is 0 Å². The number of aliphatic carboxylic acids is 1. The zero-order chi connectivity index (χ0) is 24.0. The lowest BCUT2D eigenvalue weighted by Gasteiger charge is -2.38. The fraction of sp³-hybridized carbons (Fsp3) is 0.550. The highest BCUT2D eigenvalue weighted by Gasteiger charge is 2.48. The summed E-state index contributed by atoms with van der Waals surface area (Å²) in [4.78, 5) is 34.9. The first-order valence-electron chi connectivity index (χ1n) is 9.93. The zero-order valence-corrected chi connectivity index (χ0v) is 17.6. The van der Waals surface area contributed by atoms with Gasteiger partial charge < -0.3 is 40.0 Å². The van der Waals surface area contributed by atoms with Crippen LogP contribution in [-0.2, 0) is 20.9 Å². The number of amides is 1. The van der Waals surface area contributed by atoms with Crippen molar-refractivity contribution in [3.05, 3.63) is 29.3 Å². The van der Waals surface area contributed by atoms with Crippen LogP contribution in [0.5, 0.6) is 5.75 Å². The Morgan fingerprint density at radius 3 is 2.44 bits per heavy atom. The Balaban J connectivity index is 2.28. The third-order valence-electron chi connectivity index (χ3n) is 4.73. The van der Waals surface area contributed by atoms with E-state index in [1.165, 1.54) is 18.2 Å². The van der Waals surface area contributed by atoms with Crippen LogP contribution in [0.4, 0.5) is 4.79 Å². The molecule has 0 aromatic heterocycles. The molecule has 1 heterocycles. The second-order valence-corrected chi connectivity index (χ2v) is 7.73. The van der Waals surface area contributed by atoms with Gasteiger partial charge in [-0.25, -0.2) is 4.79 Å². The van der Waals surface area contributed by atoms with Gasteiger partial charge in [0.25, 0.3) is 5.91 Å². The third-order valence-corrected chi connectivity index (χ3v) is 4.73. The average molecular weight is 451 g/mol. The van der Waals surface area contributed by atoms with E-state index in [2.05, 4.69) is 5.32 Å². The molecule has 2 radical (unpaired) electrons. The molecule has 1 aliphatic rings. The van der Waals surface area contributed by atoms with E-state index in [0.29, 0.717) is 24.4 Å². The molecule has 1 aromatic rings. The maximum Gasteiger partial charge on any atom is 0.335 e. The molecule has 1 saturated heterocycles. The summed E-state index contributed by atoms with van der Waals surface area (Å²) in [6.07, 6.45) is -8.37. The highest BCUT2D eigenvalue weighted by molar-refractivity contribution is 6.55. The molecule has 32 heavy (non-hydrogen) atoms. The summed E-state index contributed by atoms with van der Waals surface area (Å²) >= 11 is 0. The second-order valence-electron chi connectivity index (χ2n) is 7.73. The van der Waals surface area contributed by atoms with Crippen LogP contribution in [-0.4, -0.2) is 83.3 Å². The Morgan fingerprint density at radius 1 is 1.16 bits per heavy atom. The Labute approximate surface area is 185 Å². The van der Waals surface area contributed by atoms with E-state index in [1.807, 2.05) is 13.8 Å². The van der Waals surface area contributed by atoms with Crippen molar-refractivity contribution in [2.75, 3.05) is 6.54 Å². The molecule has 2 rings (SSSR count). The van der Waals surface area contributed by atoms with Crippen molar-refractivity contribution in [3.63, 3.8) is 0 Å². The van der Waals surface area contributed by atoms with Gasteiger partial charge in [0.15, 0.2) is 6.10 Å². The lowest BCUT2D eigenvalue weighted by atomic mass is 9.99. The van der Waals surface area contributed by atoms with Gasteiger partial charge in [-0.3, -0.25) is 9.59 Å². The van der Waals surface area contributed by atoms with Crippen LogP contribution < -0.4 is 10.1 Å². The second kappa shape index (κ2) is 11.3. The van der Waals surface area contributed by atoms with Gasteiger partial charge in [0.1, 0.15) is 30.7 Å². The molecule has 0 unspecified atom stereocenters. The van der Waals surface area contributed by atoms with Gasteiger partial charge in [0.2, 0.25) is 20.0 Å². The van der Waals surface area contributed by atoms with Crippen LogP contribution in [0.25, 0.3) is 0 Å². The van der Waals surface area contributed by atoms with Gasteiger partial charge in [-0.15, -0.1) is 0 Å². The summed E-state index contributed by atoms with van der Waals surface area (Å²) in [6.45, 7) is 4.13. The molecule has 0 aliphatic carbocycles. The molecule has 5 N–H and O–H groups in total. The predicted molar refractivity (Wildman–Crippen MR) is 109 cm³/mol. The van der Waals surface area contributed by atoms with Crippen LogP contribution in [0, 0.1) is 5.92 Å². The van der Waals surface area contributed by atoms with E-state index in [1.54, 1.807) is 0 Å². The number of aliphatic hydroxyl groups is 3. The Kier molecular flexibility index (Phi) is 9.02. The summed E-state index contributed by atoms with van der Waals surface area (Å²) in [5.74, 6) is -2.86. The molecule has 1 aliphatic heterocycles. The molecule has 0 saturated carbocycles. The number of carboxylic acids is 1. The van der Waals surface area contributed by atoms with Crippen molar-refractivity contribution in [1.82, 2.24) is 5.32 Å². The zero-order valence-electron chi connectivity index (χ0n) is 17.6. The SMILES string of the molecule is [B]C(=O)OCc1ccc(O[C@@H]2O[C@H](C(=O)O)[C@@H](O)[C@H](O)[C@H]2O)c(C(=O)NCCC(C)C)c1. The minimum atomic E-state index is -1.88. The number of carbonyl (C=O) groups excluding carboxylic acids is 2. The fourth-order valence-electron chi connectivity index (χ4n) is 2.95. The lowest BCUT2D eigenvalue weighted by molar-refractivity contribution is -0.271.